The highest BCUT2D eigenvalue weighted by atomic mass is 32.2. The van der Waals surface area contributed by atoms with E-state index in [0.29, 0.717) is 12.4 Å². The van der Waals surface area contributed by atoms with Gasteiger partial charge in [0.2, 0.25) is 0 Å². The molecule has 1 fully saturated rings. The molecule has 20 heavy (non-hydrogen) atoms. The number of nitrogens with one attached hydrogen (secondary N) is 2. The third kappa shape index (κ3) is 3.38. The molecule has 2 N–H and O–H groups in total. The van der Waals surface area contributed by atoms with E-state index in [1.54, 1.807) is 11.8 Å². The highest BCUT2D eigenvalue weighted by Gasteiger charge is 2.22. The molecule has 2 rings (SSSR count). The number of carbonyl (C=O) groups excluding carboxylic acids is 1. The second-order valence-corrected chi connectivity index (χ2v) is 5.56. The predicted molar refractivity (Wildman–Crippen MR) is 78.3 cm³/mol. The van der Waals surface area contributed by atoms with Crippen molar-refractivity contribution >= 4 is 29.2 Å². The summed E-state index contributed by atoms with van der Waals surface area (Å²) >= 11 is 1.79. The monoisotopic (exact) mass is 296 g/mol. The number of nitro groups is 1. The van der Waals surface area contributed by atoms with Crippen molar-refractivity contribution in [3.8, 4) is 0 Å². The fourth-order valence-corrected chi connectivity index (χ4v) is 3.10. The van der Waals surface area contributed by atoms with Gasteiger partial charge in [0.1, 0.15) is 12.0 Å². The van der Waals surface area contributed by atoms with Crippen molar-refractivity contribution in [2.45, 2.75) is 19.4 Å². The second-order valence-electron chi connectivity index (χ2n) is 4.41. The van der Waals surface area contributed by atoms with Gasteiger partial charge in [-0.25, -0.2) is 4.98 Å². The average Bonchev–Trinajstić information content (AvgIpc) is 2.92. The zero-order chi connectivity index (χ0) is 14.5. The minimum atomic E-state index is -0.551. The third-order valence-corrected chi connectivity index (χ3v) is 4.10. The Balaban J connectivity index is 2.23. The molecule has 0 bridgehead atoms. The Kier molecular flexibility index (Phi) is 4.78. The van der Waals surface area contributed by atoms with Crippen LogP contribution in [0.5, 0.6) is 0 Å². The van der Waals surface area contributed by atoms with Crippen molar-refractivity contribution in [1.29, 1.82) is 0 Å². The average molecular weight is 296 g/mol. The molecule has 1 unspecified atom stereocenters. The summed E-state index contributed by atoms with van der Waals surface area (Å²) in [6.07, 6.45) is 2.08. The Hall–Kier alpha value is -1.83. The Morgan fingerprint density at radius 3 is 3.05 bits per heavy atom. The zero-order valence-corrected chi connectivity index (χ0v) is 11.9. The number of amides is 1. The molecular formula is C12H16N4O3S. The molecule has 0 spiro atoms. The number of nitrogens with zero attached hydrogens (tertiary/aromatic N) is 2. The van der Waals surface area contributed by atoms with Crippen molar-refractivity contribution in [3.05, 3.63) is 27.9 Å². The van der Waals surface area contributed by atoms with Gasteiger partial charge in [-0.15, -0.1) is 0 Å². The molecular weight excluding hydrogens is 280 g/mol. The van der Waals surface area contributed by atoms with Gasteiger partial charge in [0.25, 0.3) is 11.6 Å². The lowest BCUT2D eigenvalue weighted by Gasteiger charge is -2.13. The standard InChI is InChI=1S/C12H16N4O3S/c1-2-13-11-10(5-9(6-14-11)16(18)19)12(17)15-8-3-4-20-7-8/h5-6,8H,2-4,7H2,1H3,(H,13,14)(H,15,17). The minimum absolute atomic E-state index is 0.126. The summed E-state index contributed by atoms with van der Waals surface area (Å²) in [6.45, 7) is 2.46. The number of thioether (sulfide) groups is 1. The Bertz CT molecular complexity index is 517. The van der Waals surface area contributed by atoms with E-state index >= 15 is 0 Å². The Morgan fingerprint density at radius 1 is 1.65 bits per heavy atom. The number of aromatic nitrogens is 1. The molecule has 1 atom stereocenters. The molecule has 0 radical (unpaired) electrons. The van der Waals surface area contributed by atoms with E-state index in [-0.39, 0.29) is 23.2 Å². The molecule has 1 aromatic heterocycles. The summed E-state index contributed by atoms with van der Waals surface area (Å²) in [5, 5.41) is 16.6. The lowest BCUT2D eigenvalue weighted by Crippen LogP contribution is -2.35. The Labute approximate surface area is 120 Å². The lowest BCUT2D eigenvalue weighted by molar-refractivity contribution is -0.385. The lowest BCUT2D eigenvalue weighted by atomic mass is 10.2. The van der Waals surface area contributed by atoms with Gasteiger partial charge in [0.15, 0.2) is 0 Å². The number of pyridine rings is 1. The van der Waals surface area contributed by atoms with Crippen LogP contribution in [0, 0.1) is 10.1 Å². The van der Waals surface area contributed by atoms with Gasteiger partial charge in [-0.2, -0.15) is 11.8 Å². The maximum absolute atomic E-state index is 12.2. The van der Waals surface area contributed by atoms with E-state index in [4.69, 9.17) is 0 Å². The van der Waals surface area contributed by atoms with Crippen LogP contribution in [0.3, 0.4) is 0 Å². The van der Waals surface area contributed by atoms with Crippen molar-refractivity contribution < 1.29 is 9.72 Å². The molecule has 1 aromatic rings. The molecule has 1 amide bonds. The van der Waals surface area contributed by atoms with Crippen LogP contribution in [0.2, 0.25) is 0 Å². The maximum atomic E-state index is 12.2. The van der Waals surface area contributed by atoms with E-state index in [0.717, 1.165) is 24.1 Å². The van der Waals surface area contributed by atoms with Gasteiger partial charge in [0.05, 0.1) is 10.5 Å². The highest BCUT2D eigenvalue weighted by Crippen LogP contribution is 2.21. The SMILES string of the molecule is CCNc1ncc([N+](=O)[O-])cc1C(=O)NC1CCSC1. The predicted octanol–water partition coefficient (Wildman–Crippen LogP) is 1.66. The topological polar surface area (TPSA) is 97.2 Å². The maximum Gasteiger partial charge on any atom is 0.288 e. The summed E-state index contributed by atoms with van der Waals surface area (Å²) < 4.78 is 0. The smallest absolute Gasteiger partial charge is 0.288 e. The fraction of sp³-hybridized carbons (Fsp3) is 0.500. The van der Waals surface area contributed by atoms with Gasteiger partial charge in [0, 0.05) is 24.4 Å². The van der Waals surface area contributed by atoms with Crippen LogP contribution in [-0.4, -0.2) is 39.9 Å². The molecule has 108 valence electrons. The normalized spacial score (nSPS) is 17.8. The molecule has 2 heterocycles. The third-order valence-electron chi connectivity index (χ3n) is 2.94. The molecule has 1 saturated heterocycles. The second kappa shape index (κ2) is 6.56. The van der Waals surface area contributed by atoms with E-state index in [9.17, 15) is 14.9 Å². The minimum Gasteiger partial charge on any atom is -0.370 e. The van der Waals surface area contributed by atoms with Crippen LogP contribution >= 0.6 is 11.8 Å². The molecule has 1 aliphatic rings. The highest BCUT2D eigenvalue weighted by molar-refractivity contribution is 7.99. The van der Waals surface area contributed by atoms with Crippen LogP contribution in [0.4, 0.5) is 11.5 Å². The van der Waals surface area contributed by atoms with Gasteiger partial charge >= 0.3 is 0 Å². The quantitative estimate of drug-likeness (QED) is 0.633. The molecule has 8 heteroatoms. The fourth-order valence-electron chi connectivity index (χ4n) is 1.95. The Morgan fingerprint density at radius 2 is 2.45 bits per heavy atom. The van der Waals surface area contributed by atoms with Crippen LogP contribution in [-0.2, 0) is 0 Å². The van der Waals surface area contributed by atoms with Crippen molar-refractivity contribution in [2.75, 3.05) is 23.4 Å². The van der Waals surface area contributed by atoms with E-state index in [1.807, 2.05) is 6.92 Å². The van der Waals surface area contributed by atoms with Gasteiger partial charge < -0.3 is 10.6 Å². The van der Waals surface area contributed by atoms with Crippen LogP contribution in [0.1, 0.15) is 23.7 Å². The first-order chi connectivity index (χ1) is 9.61. The van der Waals surface area contributed by atoms with Gasteiger partial charge in [-0.05, 0) is 19.1 Å². The number of hydrogen-bond acceptors (Lipinski definition) is 6. The number of rotatable bonds is 5. The molecule has 7 nitrogen and oxygen atoms in total. The number of carbonyl (C=O) groups is 1. The van der Waals surface area contributed by atoms with E-state index in [1.165, 1.54) is 6.07 Å². The van der Waals surface area contributed by atoms with Gasteiger partial charge in [-0.3, -0.25) is 14.9 Å². The van der Waals surface area contributed by atoms with Crippen molar-refractivity contribution in [1.82, 2.24) is 10.3 Å². The molecule has 0 aliphatic carbocycles. The summed E-state index contributed by atoms with van der Waals surface area (Å²) in [4.78, 5) is 26.5. The zero-order valence-electron chi connectivity index (χ0n) is 11.1. The van der Waals surface area contributed by atoms with E-state index < -0.39 is 4.92 Å². The summed E-state index contributed by atoms with van der Waals surface area (Å²) in [5.41, 5.74) is 0.0375. The van der Waals surface area contributed by atoms with Gasteiger partial charge in [-0.1, -0.05) is 0 Å². The van der Waals surface area contributed by atoms with Crippen LogP contribution in [0.25, 0.3) is 0 Å². The van der Waals surface area contributed by atoms with Crippen molar-refractivity contribution in [3.63, 3.8) is 0 Å². The first-order valence-corrected chi connectivity index (χ1v) is 7.54. The number of anilines is 1. The largest absolute Gasteiger partial charge is 0.370 e. The summed E-state index contributed by atoms with van der Waals surface area (Å²) in [7, 11) is 0. The first kappa shape index (κ1) is 14.6. The van der Waals surface area contributed by atoms with Crippen LogP contribution in [0.15, 0.2) is 12.3 Å². The summed E-state index contributed by atoms with van der Waals surface area (Å²) in [6, 6.07) is 1.39. The summed E-state index contributed by atoms with van der Waals surface area (Å²) in [5.74, 6) is 1.97. The number of hydrogen-bond donors (Lipinski definition) is 2. The van der Waals surface area contributed by atoms with Crippen molar-refractivity contribution in [2.24, 2.45) is 0 Å². The molecule has 0 aromatic carbocycles. The molecule has 1 aliphatic heterocycles. The van der Waals surface area contributed by atoms with Crippen LogP contribution < -0.4 is 10.6 Å². The van der Waals surface area contributed by atoms with E-state index in [2.05, 4.69) is 15.6 Å². The molecule has 0 saturated carbocycles. The first-order valence-electron chi connectivity index (χ1n) is 6.38.